The van der Waals surface area contributed by atoms with Gasteiger partial charge in [-0.25, -0.2) is 4.98 Å². The monoisotopic (exact) mass is 394 g/mol. The Hall–Kier alpha value is -2.55. The van der Waals surface area contributed by atoms with Crippen molar-refractivity contribution < 1.29 is 13.2 Å². The molecule has 2 heterocycles. The number of nitrogens with two attached hydrogens (primary N) is 1. The van der Waals surface area contributed by atoms with Crippen molar-refractivity contribution in [2.75, 3.05) is 35.6 Å². The first kappa shape index (κ1) is 20.2. The Labute approximate surface area is 162 Å². The first-order chi connectivity index (χ1) is 13.3. The fourth-order valence-corrected chi connectivity index (χ4v) is 3.26. The SMILES string of the molecule is CCCc1cc(N2CCNCC2C)nc(Nc2ccc(N)c(C(F)(F)F)c2)n1. The lowest BCUT2D eigenvalue weighted by Gasteiger charge is -2.35. The largest absolute Gasteiger partial charge is 0.418 e. The zero-order valence-corrected chi connectivity index (χ0v) is 16.0. The van der Waals surface area contributed by atoms with E-state index in [1.807, 2.05) is 6.07 Å². The number of benzene rings is 1. The maximum atomic E-state index is 13.1. The number of aryl methyl sites for hydroxylation is 1. The summed E-state index contributed by atoms with van der Waals surface area (Å²) in [7, 11) is 0. The number of nitrogens with one attached hydrogen (secondary N) is 2. The van der Waals surface area contributed by atoms with Crippen LogP contribution in [0.1, 0.15) is 31.5 Å². The van der Waals surface area contributed by atoms with Crippen LogP contribution in [0.3, 0.4) is 0 Å². The molecule has 1 aliphatic heterocycles. The van der Waals surface area contributed by atoms with Gasteiger partial charge in [-0.05, 0) is 31.5 Å². The summed E-state index contributed by atoms with van der Waals surface area (Å²) in [6, 6.07) is 5.94. The first-order valence-electron chi connectivity index (χ1n) is 9.37. The van der Waals surface area contributed by atoms with Crippen molar-refractivity contribution in [1.29, 1.82) is 0 Å². The van der Waals surface area contributed by atoms with Crippen molar-refractivity contribution in [1.82, 2.24) is 15.3 Å². The highest BCUT2D eigenvalue weighted by Gasteiger charge is 2.33. The summed E-state index contributed by atoms with van der Waals surface area (Å²) in [6.45, 7) is 6.67. The number of anilines is 4. The maximum Gasteiger partial charge on any atom is 0.418 e. The molecule has 28 heavy (non-hydrogen) atoms. The second-order valence-electron chi connectivity index (χ2n) is 6.96. The minimum Gasteiger partial charge on any atom is -0.398 e. The molecule has 0 aliphatic carbocycles. The number of piperazine rings is 1. The molecular formula is C19H25F3N6. The molecule has 0 amide bonds. The highest BCUT2D eigenvalue weighted by atomic mass is 19.4. The fourth-order valence-electron chi connectivity index (χ4n) is 3.26. The van der Waals surface area contributed by atoms with Crippen molar-refractivity contribution in [3.8, 4) is 0 Å². The van der Waals surface area contributed by atoms with E-state index in [2.05, 4.69) is 39.3 Å². The first-order valence-corrected chi connectivity index (χ1v) is 9.37. The van der Waals surface area contributed by atoms with Gasteiger partial charge in [-0.1, -0.05) is 13.3 Å². The Morgan fingerprint density at radius 3 is 2.75 bits per heavy atom. The van der Waals surface area contributed by atoms with E-state index in [1.54, 1.807) is 0 Å². The van der Waals surface area contributed by atoms with Gasteiger partial charge in [0.05, 0.1) is 5.56 Å². The standard InChI is InChI=1S/C19H25F3N6/c1-3-4-13-10-17(28-8-7-24-11-12(28)2)27-18(25-13)26-14-5-6-16(23)15(9-14)19(20,21)22/h5-6,9-10,12,24H,3-4,7-8,11,23H2,1-2H3,(H,25,26,27). The van der Waals surface area contributed by atoms with Crippen molar-refractivity contribution in [2.24, 2.45) is 0 Å². The lowest BCUT2D eigenvalue weighted by molar-refractivity contribution is -0.136. The average Bonchev–Trinajstić information content (AvgIpc) is 2.63. The normalized spacial score (nSPS) is 17.6. The van der Waals surface area contributed by atoms with Gasteiger partial charge in [-0.15, -0.1) is 0 Å². The molecule has 4 N–H and O–H groups in total. The predicted molar refractivity (Wildman–Crippen MR) is 105 cm³/mol. The summed E-state index contributed by atoms with van der Waals surface area (Å²) < 4.78 is 39.4. The van der Waals surface area contributed by atoms with Gasteiger partial charge in [0.1, 0.15) is 5.82 Å². The van der Waals surface area contributed by atoms with E-state index in [0.717, 1.165) is 50.1 Å². The molecule has 9 heteroatoms. The zero-order valence-electron chi connectivity index (χ0n) is 16.0. The number of rotatable bonds is 5. The van der Waals surface area contributed by atoms with Crippen LogP contribution in [0.5, 0.6) is 0 Å². The quantitative estimate of drug-likeness (QED) is 0.673. The third kappa shape index (κ3) is 4.64. The summed E-state index contributed by atoms with van der Waals surface area (Å²) in [5, 5.41) is 6.25. The van der Waals surface area contributed by atoms with Gasteiger partial charge < -0.3 is 21.3 Å². The van der Waals surface area contributed by atoms with Crippen molar-refractivity contribution in [3.63, 3.8) is 0 Å². The Morgan fingerprint density at radius 1 is 1.29 bits per heavy atom. The number of hydrogen-bond donors (Lipinski definition) is 3. The number of aromatic nitrogens is 2. The molecule has 1 aromatic heterocycles. The van der Waals surface area contributed by atoms with Crippen LogP contribution in [0.4, 0.5) is 36.3 Å². The molecule has 0 spiro atoms. The number of nitrogens with zero attached hydrogens (tertiary/aromatic N) is 3. The summed E-state index contributed by atoms with van der Waals surface area (Å²) >= 11 is 0. The molecule has 1 aromatic carbocycles. The molecule has 6 nitrogen and oxygen atoms in total. The van der Waals surface area contributed by atoms with E-state index in [9.17, 15) is 13.2 Å². The zero-order chi connectivity index (χ0) is 20.3. The van der Waals surface area contributed by atoms with Gasteiger partial charge in [-0.2, -0.15) is 18.2 Å². The highest BCUT2D eigenvalue weighted by Crippen LogP contribution is 2.35. The van der Waals surface area contributed by atoms with Crippen molar-refractivity contribution >= 4 is 23.1 Å². The van der Waals surface area contributed by atoms with E-state index in [-0.39, 0.29) is 23.4 Å². The predicted octanol–water partition coefficient (Wildman–Crippen LogP) is 3.57. The number of alkyl halides is 3. The van der Waals surface area contributed by atoms with E-state index >= 15 is 0 Å². The lowest BCUT2D eigenvalue weighted by Crippen LogP contribution is -2.50. The number of nitrogen functional groups attached to an aromatic ring is 1. The van der Waals surface area contributed by atoms with Gasteiger partial charge in [0, 0.05) is 48.8 Å². The van der Waals surface area contributed by atoms with Crippen LogP contribution in [0.25, 0.3) is 0 Å². The van der Waals surface area contributed by atoms with Crippen LogP contribution in [0, 0.1) is 0 Å². The molecule has 3 rings (SSSR count). The number of halogens is 3. The van der Waals surface area contributed by atoms with Crippen LogP contribution in [-0.2, 0) is 12.6 Å². The minimum atomic E-state index is -4.52. The molecular weight excluding hydrogens is 369 g/mol. The van der Waals surface area contributed by atoms with E-state index in [0.29, 0.717) is 0 Å². The topological polar surface area (TPSA) is 79.1 Å². The van der Waals surface area contributed by atoms with E-state index in [4.69, 9.17) is 5.73 Å². The third-order valence-electron chi connectivity index (χ3n) is 4.68. The molecule has 0 bridgehead atoms. The molecule has 1 fully saturated rings. The van der Waals surface area contributed by atoms with Gasteiger partial charge in [0.15, 0.2) is 0 Å². The Morgan fingerprint density at radius 2 is 2.07 bits per heavy atom. The smallest absolute Gasteiger partial charge is 0.398 e. The van der Waals surface area contributed by atoms with Gasteiger partial charge >= 0.3 is 6.18 Å². The summed E-state index contributed by atoms with van der Waals surface area (Å²) in [6.07, 6.45) is -2.85. The van der Waals surface area contributed by atoms with Crippen LogP contribution >= 0.6 is 0 Å². The average molecular weight is 394 g/mol. The molecule has 0 radical (unpaired) electrons. The lowest BCUT2D eigenvalue weighted by atomic mass is 10.1. The Bertz CT molecular complexity index is 824. The molecule has 1 unspecified atom stereocenters. The molecule has 1 atom stereocenters. The minimum absolute atomic E-state index is 0.245. The second kappa shape index (κ2) is 8.22. The third-order valence-corrected chi connectivity index (χ3v) is 4.68. The van der Waals surface area contributed by atoms with E-state index < -0.39 is 11.7 Å². The molecule has 0 saturated carbocycles. The fraction of sp³-hybridized carbons (Fsp3) is 0.474. The summed E-state index contributed by atoms with van der Waals surface area (Å²) in [4.78, 5) is 11.2. The van der Waals surface area contributed by atoms with Crippen LogP contribution < -0.4 is 21.3 Å². The highest BCUT2D eigenvalue weighted by molar-refractivity contribution is 5.63. The van der Waals surface area contributed by atoms with Crippen LogP contribution in [0.15, 0.2) is 24.3 Å². The molecule has 1 aliphatic rings. The summed E-state index contributed by atoms with van der Waals surface area (Å²) in [5.74, 6) is 1.06. The van der Waals surface area contributed by atoms with Gasteiger partial charge in [-0.3, -0.25) is 0 Å². The van der Waals surface area contributed by atoms with Crippen LogP contribution in [0.2, 0.25) is 0 Å². The Kier molecular flexibility index (Phi) is 5.93. The van der Waals surface area contributed by atoms with Crippen molar-refractivity contribution in [2.45, 2.75) is 38.9 Å². The summed E-state index contributed by atoms with van der Waals surface area (Å²) in [5.41, 5.74) is 5.39. The Balaban J connectivity index is 1.93. The maximum absolute atomic E-state index is 13.1. The molecule has 152 valence electrons. The van der Waals surface area contributed by atoms with Crippen LogP contribution in [-0.4, -0.2) is 35.6 Å². The molecule has 1 saturated heterocycles. The van der Waals surface area contributed by atoms with Gasteiger partial charge in [0.2, 0.25) is 5.95 Å². The second-order valence-corrected chi connectivity index (χ2v) is 6.96. The van der Waals surface area contributed by atoms with Gasteiger partial charge in [0.25, 0.3) is 0 Å². The van der Waals surface area contributed by atoms with Crippen molar-refractivity contribution in [3.05, 3.63) is 35.5 Å². The molecule has 2 aromatic rings. The number of hydrogen-bond acceptors (Lipinski definition) is 6. The van der Waals surface area contributed by atoms with E-state index in [1.165, 1.54) is 12.1 Å².